The molecule has 0 spiro atoms. The fourth-order valence-corrected chi connectivity index (χ4v) is 4.59. The first-order chi connectivity index (χ1) is 11.1. The molecule has 2 aliphatic heterocycles. The lowest BCUT2D eigenvalue weighted by Gasteiger charge is -2.55. The summed E-state index contributed by atoms with van der Waals surface area (Å²) in [4.78, 5) is 7.20. The molecule has 6 heteroatoms. The second-order valence-electron chi connectivity index (χ2n) is 7.75. The molecule has 2 saturated heterocycles. The number of hydrogen-bond acceptors (Lipinski definition) is 3. The number of halogens is 1. The highest BCUT2D eigenvalue weighted by molar-refractivity contribution is 14.0. The van der Waals surface area contributed by atoms with E-state index in [1.165, 1.54) is 12.8 Å². The third-order valence-corrected chi connectivity index (χ3v) is 5.84. The van der Waals surface area contributed by atoms with Crippen molar-refractivity contribution >= 4 is 29.9 Å². The molecule has 4 atom stereocenters. The van der Waals surface area contributed by atoms with Crippen molar-refractivity contribution in [3.05, 3.63) is 0 Å². The lowest BCUT2D eigenvalue weighted by molar-refractivity contribution is -0.107. The molecule has 1 N–H and O–H groups in total. The number of nitrogens with one attached hydrogen (secondary N) is 1. The van der Waals surface area contributed by atoms with E-state index in [0.717, 1.165) is 45.4 Å². The Morgan fingerprint density at radius 3 is 2.83 bits per heavy atom. The number of ether oxygens (including phenoxy) is 2. The maximum atomic E-state index is 5.92. The SMILES string of the molecule is CCN=C(NC1C2CCOC2C1(C)C)N1CCC(COCC)C1.I. The summed E-state index contributed by atoms with van der Waals surface area (Å²) in [5.74, 6) is 2.37. The van der Waals surface area contributed by atoms with Gasteiger partial charge in [0, 0.05) is 56.1 Å². The van der Waals surface area contributed by atoms with E-state index in [0.29, 0.717) is 24.0 Å². The van der Waals surface area contributed by atoms with E-state index in [1.54, 1.807) is 0 Å². The minimum absolute atomic E-state index is 0. The Kier molecular flexibility index (Phi) is 7.20. The molecule has 3 aliphatic rings. The molecule has 3 rings (SSSR count). The van der Waals surface area contributed by atoms with Gasteiger partial charge in [-0.05, 0) is 26.7 Å². The topological polar surface area (TPSA) is 46.1 Å². The fourth-order valence-electron chi connectivity index (χ4n) is 4.59. The van der Waals surface area contributed by atoms with E-state index in [4.69, 9.17) is 14.5 Å². The van der Waals surface area contributed by atoms with Gasteiger partial charge in [0.15, 0.2) is 5.96 Å². The summed E-state index contributed by atoms with van der Waals surface area (Å²) in [6, 6.07) is 0.478. The van der Waals surface area contributed by atoms with E-state index in [-0.39, 0.29) is 29.4 Å². The van der Waals surface area contributed by atoms with Gasteiger partial charge in [-0.3, -0.25) is 4.99 Å². The minimum atomic E-state index is 0. The summed E-state index contributed by atoms with van der Waals surface area (Å²) in [6.07, 6.45) is 2.80. The molecule has 0 bridgehead atoms. The van der Waals surface area contributed by atoms with Crippen LogP contribution in [0, 0.1) is 17.3 Å². The third kappa shape index (κ3) is 3.85. The zero-order valence-corrected chi connectivity index (χ0v) is 17.9. The minimum Gasteiger partial charge on any atom is -0.381 e. The van der Waals surface area contributed by atoms with Gasteiger partial charge in [0.25, 0.3) is 0 Å². The van der Waals surface area contributed by atoms with Crippen LogP contribution in [0.3, 0.4) is 0 Å². The number of hydrogen-bond donors (Lipinski definition) is 1. The first-order valence-electron chi connectivity index (χ1n) is 9.33. The van der Waals surface area contributed by atoms with Gasteiger partial charge in [0.2, 0.25) is 0 Å². The molecule has 1 aliphatic carbocycles. The zero-order valence-electron chi connectivity index (χ0n) is 15.6. The molecule has 0 aromatic carbocycles. The summed E-state index contributed by atoms with van der Waals surface area (Å²) < 4.78 is 11.5. The van der Waals surface area contributed by atoms with Crippen molar-refractivity contribution in [1.82, 2.24) is 10.2 Å². The van der Waals surface area contributed by atoms with Crippen molar-refractivity contribution in [3.8, 4) is 0 Å². The van der Waals surface area contributed by atoms with Crippen LogP contribution in [0.4, 0.5) is 0 Å². The maximum absolute atomic E-state index is 5.92. The average Bonchev–Trinajstić information content (AvgIpc) is 3.17. The van der Waals surface area contributed by atoms with Gasteiger partial charge in [0.1, 0.15) is 0 Å². The molecule has 1 saturated carbocycles. The third-order valence-electron chi connectivity index (χ3n) is 5.84. The second kappa shape index (κ2) is 8.54. The molecular formula is C18H34IN3O2. The fraction of sp³-hybridized carbons (Fsp3) is 0.944. The Bertz CT molecular complexity index is 444. The van der Waals surface area contributed by atoms with Crippen molar-refractivity contribution < 1.29 is 9.47 Å². The van der Waals surface area contributed by atoms with Crippen LogP contribution in [-0.4, -0.2) is 62.5 Å². The van der Waals surface area contributed by atoms with Crippen LogP contribution in [-0.2, 0) is 9.47 Å². The van der Waals surface area contributed by atoms with Crippen LogP contribution < -0.4 is 5.32 Å². The predicted molar refractivity (Wildman–Crippen MR) is 108 cm³/mol. The molecule has 2 heterocycles. The lowest BCUT2D eigenvalue weighted by Crippen LogP contribution is -2.68. The van der Waals surface area contributed by atoms with Crippen LogP contribution >= 0.6 is 24.0 Å². The molecule has 0 amide bonds. The Hall–Kier alpha value is -0.0800. The summed E-state index contributed by atoms with van der Waals surface area (Å²) in [6.45, 7) is 14.4. The lowest BCUT2D eigenvalue weighted by atomic mass is 9.57. The highest BCUT2D eigenvalue weighted by Crippen LogP contribution is 2.52. The highest BCUT2D eigenvalue weighted by atomic mass is 127. The first kappa shape index (κ1) is 20.2. The van der Waals surface area contributed by atoms with E-state index in [9.17, 15) is 0 Å². The summed E-state index contributed by atoms with van der Waals surface area (Å²) in [5, 5.41) is 3.79. The molecule has 0 radical (unpaired) electrons. The van der Waals surface area contributed by atoms with Crippen LogP contribution in [0.25, 0.3) is 0 Å². The number of nitrogens with zero attached hydrogens (tertiary/aromatic N) is 2. The van der Waals surface area contributed by atoms with Gasteiger partial charge in [-0.25, -0.2) is 0 Å². The van der Waals surface area contributed by atoms with Crippen molar-refractivity contribution in [2.75, 3.05) is 39.5 Å². The van der Waals surface area contributed by atoms with Crippen molar-refractivity contribution in [2.24, 2.45) is 22.2 Å². The van der Waals surface area contributed by atoms with Gasteiger partial charge in [-0.2, -0.15) is 0 Å². The maximum Gasteiger partial charge on any atom is 0.194 e. The molecule has 5 nitrogen and oxygen atoms in total. The normalized spacial score (nSPS) is 34.5. The van der Waals surface area contributed by atoms with Gasteiger partial charge in [-0.15, -0.1) is 24.0 Å². The smallest absolute Gasteiger partial charge is 0.194 e. The molecule has 0 aromatic heterocycles. The molecule has 24 heavy (non-hydrogen) atoms. The van der Waals surface area contributed by atoms with E-state index in [2.05, 4.69) is 37.9 Å². The van der Waals surface area contributed by atoms with Gasteiger partial charge >= 0.3 is 0 Å². The van der Waals surface area contributed by atoms with E-state index >= 15 is 0 Å². The highest BCUT2D eigenvalue weighted by Gasteiger charge is 2.59. The van der Waals surface area contributed by atoms with Gasteiger partial charge in [0.05, 0.1) is 12.7 Å². The van der Waals surface area contributed by atoms with Crippen LogP contribution in [0.2, 0.25) is 0 Å². The Morgan fingerprint density at radius 1 is 1.33 bits per heavy atom. The van der Waals surface area contributed by atoms with Crippen LogP contribution in [0.5, 0.6) is 0 Å². The molecule has 0 aromatic rings. The predicted octanol–water partition coefficient (Wildman–Crippen LogP) is 2.74. The number of fused-ring (bicyclic) bond motifs is 1. The first-order valence-corrected chi connectivity index (χ1v) is 9.33. The van der Waals surface area contributed by atoms with Crippen molar-refractivity contribution in [2.45, 2.75) is 52.7 Å². The van der Waals surface area contributed by atoms with Crippen molar-refractivity contribution in [3.63, 3.8) is 0 Å². The van der Waals surface area contributed by atoms with Gasteiger partial charge in [-0.1, -0.05) is 13.8 Å². The van der Waals surface area contributed by atoms with Gasteiger partial charge < -0.3 is 19.7 Å². The number of likely N-dealkylation sites (tertiary alicyclic amines) is 1. The summed E-state index contributed by atoms with van der Waals surface area (Å²) in [5.41, 5.74) is 0.195. The monoisotopic (exact) mass is 451 g/mol. The molecule has 3 fully saturated rings. The Labute approximate surface area is 164 Å². The number of guanidine groups is 1. The summed E-state index contributed by atoms with van der Waals surface area (Å²) in [7, 11) is 0. The van der Waals surface area contributed by atoms with Crippen LogP contribution in [0.15, 0.2) is 4.99 Å². The molecule has 4 unspecified atom stereocenters. The van der Waals surface area contributed by atoms with Crippen molar-refractivity contribution in [1.29, 1.82) is 0 Å². The average molecular weight is 451 g/mol. The summed E-state index contributed by atoms with van der Waals surface area (Å²) >= 11 is 0. The molecular weight excluding hydrogens is 417 g/mol. The van der Waals surface area contributed by atoms with Crippen LogP contribution in [0.1, 0.15) is 40.5 Å². The quantitative estimate of drug-likeness (QED) is 0.397. The van der Waals surface area contributed by atoms with E-state index < -0.39 is 0 Å². The largest absolute Gasteiger partial charge is 0.381 e. The standard InChI is InChI=1S/C18H33N3O2.HI/c1-5-19-17(21-9-7-13(11-21)12-22-6-2)20-15-14-8-10-23-16(14)18(15,3)4;/h13-16H,5-12H2,1-4H3,(H,19,20);1H. The Morgan fingerprint density at radius 2 is 2.12 bits per heavy atom. The number of aliphatic imine (C=N–C) groups is 1. The number of rotatable bonds is 5. The second-order valence-corrected chi connectivity index (χ2v) is 7.75. The molecule has 140 valence electrons. The Balaban J connectivity index is 0.00000208. The van der Waals surface area contributed by atoms with E-state index in [1.807, 2.05) is 0 Å². The zero-order chi connectivity index (χ0) is 16.4.